The van der Waals surface area contributed by atoms with Gasteiger partial charge < -0.3 is 10.5 Å². The Morgan fingerprint density at radius 1 is 1.13 bits per heavy atom. The van der Waals surface area contributed by atoms with Crippen molar-refractivity contribution in [1.29, 1.82) is 0 Å². The van der Waals surface area contributed by atoms with Gasteiger partial charge in [0.1, 0.15) is 0 Å². The molecule has 86 valence electrons. The normalized spacial score (nSPS) is 27.5. The SMILES string of the molecule is NC1(C(=O)C2CCOCC2)CCCCC1. The first-order valence-corrected chi connectivity index (χ1v) is 6.13. The van der Waals surface area contributed by atoms with Crippen molar-refractivity contribution in [2.45, 2.75) is 50.5 Å². The third-order valence-electron chi connectivity index (χ3n) is 3.83. The molecule has 0 spiro atoms. The summed E-state index contributed by atoms with van der Waals surface area (Å²) in [7, 11) is 0. The van der Waals surface area contributed by atoms with E-state index in [4.69, 9.17) is 10.5 Å². The standard InChI is InChI=1S/C12H21NO2/c13-12(6-2-1-3-7-12)11(14)10-4-8-15-9-5-10/h10H,1-9,13H2. The van der Waals surface area contributed by atoms with E-state index in [0.29, 0.717) is 5.78 Å². The summed E-state index contributed by atoms with van der Waals surface area (Å²) in [5.41, 5.74) is 5.74. The summed E-state index contributed by atoms with van der Waals surface area (Å²) in [4.78, 5) is 12.3. The van der Waals surface area contributed by atoms with Gasteiger partial charge in [-0.05, 0) is 25.7 Å². The zero-order valence-electron chi connectivity index (χ0n) is 9.34. The average Bonchev–Trinajstić information content (AvgIpc) is 2.30. The molecule has 2 N–H and O–H groups in total. The molecule has 1 saturated heterocycles. The van der Waals surface area contributed by atoms with Crippen LogP contribution in [0.15, 0.2) is 0 Å². The lowest BCUT2D eigenvalue weighted by Gasteiger charge is -2.36. The third-order valence-corrected chi connectivity index (χ3v) is 3.83. The summed E-state index contributed by atoms with van der Waals surface area (Å²) < 4.78 is 5.28. The Morgan fingerprint density at radius 2 is 1.73 bits per heavy atom. The maximum Gasteiger partial charge on any atom is 0.155 e. The Morgan fingerprint density at radius 3 is 2.33 bits per heavy atom. The molecule has 0 aromatic heterocycles. The van der Waals surface area contributed by atoms with Crippen molar-refractivity contribution in [3.05, 3.63) is 0 Å². The summed E-state index contributed by atoms with van der Waals surface area (Å²) in [6, 6.07) is 0. The van der Waals surface area contributed by atoms with Crippen LogP contribution in [-0.2, 0) is 9.53 Å². The Labute approximate surface area is 91.4 Å². The molecule has 2 fully saturated rings. The Kier molecular flexibility index (Phi) is 3.42. The Bertz CT molecular complexity index is 228. The first-order chi connectivity index (χ1) is 7.22. The number of hydrogen-bond acceptors (Lipinski definition) is 3. The van der Waals surface area contributed by atoms with Gasteiger partial charge in [0.15, 0.2) is 5.78 Å². The van der Waals surface area contributed by atoms with Gasteiger partial charge in [-0.15, -0.1) is 0 Å². The van der Waals surface area contributed by atoms with Crippen LogP contribution in [0.25, 0.3) is 0 Å². The molecule has 0 unspecified atom stereocenters. The molecular formula is C12H21NO2. The van der Waals surface area contributed by atoms with E-state index in [9.17, 15) is 4.79 Å². The highest BCUT2D eigenvalue weighted by Crippen LogP contribution is 2.31. The number of rotatable bonds is 2. The van der Waals surface area contributed by atoms with E-state index < -0.39 is 5.54 Å². The molecule has 1 aliphatic heterocycles. The molecule has 0 bridgehead atoms. The van der Waals surface area contributed by atoms with Crippen LogP contribution in [0.1, 0.15) is 44.9 Å². The molecule has 0 aromatic carbocycles. The van der Waals surface area contributed by atoms with Gasteiger partial charge in [0.25, 0.3) is 0 Å². The average molecular weight is 211 g/mol. The smallest absolute Gasteiger partial charge is 0.155 e. The topological polar surface area (TPSA) is 52.3 Å². The molecule has 1 heterocycles. The van der Waals surface area contributed by atoms with Crippen molar-refractivity contribution in [3.8, 4) is 0 Å². The maximum atomic E-state index is 12.3. The van der Waals surface area contributed by atoms with Gasteiger partial charge in [0.05, 0.1) is 5.54 Å². The number of carbonyl (C=O) groups excluding carboxylic acids is 1. The molecule has 0 radical (unpaired) electrons. The van der Waals surface area contributed by atoms with E-state index >= 15 is 0 Å². The van der Waals surface area contributed by atoms with Crippen LogP contribution in [-0.4, -0.2) is 24.5 Å². The number of Topliss-reactive ketones (excluding diaryl/α,β-unsaturated/α-hetero) is 1. The lowest BCUT2D eigenvalue weighted by atomic mass is 9.74. The number of nitrogens with two attached hydrogens (primary N) is 1. The van der Waals surface area contributed by atoms with Gasteiger partial charge >= 0.3 is 0 Å². The maximum absolute atomic E-state index is 12.3. The van der Waals surface area contributed by atoms with Crippen molar-refractivity contribution in [3.63, 3.8) is 0 Å². The minimum atomic E-state index is -0.500. The molecular weight excluding hydrogens is 190 g/mol. The van der Waals surface area contributed by atoms with Gasteiger partial charge in [0.2, 0.25) is 0 Å². The van der Waals surface area contributed by atoms with Crippen LogP contribution in [0.3, 0.4) is 0 Å². The van der Waals surface area contributed by atoms with E-state index in [1.807, 2.05) is 0 Å². The lowest BCUT2D eigenvalue weighted by molar-refractivity contribution is -0.132. The van der Waals surface area contributed by atoms with Crippen molar-refractivity contribution in [2.75, 3.05) is 13.2 Å². The minimum Gasteiger partial charge on any atom is -0.381 e. The highest BCUT2D eigenvalue weighted by molar-refractivity contribution is 5.90. The van der Waals surface area contributed by atoms with Gasteiger partial charge in [0, 0.05) is 19.1 Å². The fraction of sp³-hybridized carbons (Fsp3) is 0.917. The van der Waals surface area contributed by atoms with Crippen LogP contribution in [0.4, 0.5) is 0 Å². The molecule has 1 aliphatic carbocycles. The van der Waals surface area contributed by atoms with Crippen molar-refractivity contribution >= 4 is 5.78 Å². The van der Waals surface area contributed by atoms with E-state index in [-0.39, 0.29) is 5.92 Å². The number of ketones is 1. The highest BCUT2D eigenvalue weighted by Gasteiger charge is 2.39. The van der Waals surface area contributed by atoms with Crippen LogP contribution in [0.5, 0.6) is 0 Å². The molecule has 3 nitrogen and oxygen atoms in total. The van der Waals surface area contributed by atoms with Gasteiger partial charge in [-0.25, -0.2) is 0 Å². The van der Waals surface area contributed by atoms with E-state index in [1.54, 1.807) is 0 Å². The highest BCUT2D eigenvalue weighted by atomic mass is 16.5. The molecule has 0 amide bonds. The van der Waals surface area contributed by atoms with Crippen LogP contribution < -0.4 is 5.73 Å². The van der Waals surface area contributed by atoms with Crippen molar-refractivity contribution < 1.29 is 9.53 Å². The number of hydrogen-bond donors (Lipinski definition) is 1. The van der Waals surface area contributed by atoms with Crippen molar-refractivity contribution in [1.82, 2.24) is 0 Å². The Hall–Kier alpha value is -0.410. The minimum absolute atomic E-state index is 0.168. The summed E-state index contributed by atoms with van der Waals surface area (Å²) in [6.45, 7) is 1.46. The third kappa shape index (κ3) is 2.40. The second-order valence-electron chi connectivity index (χ2n) is 4.97. The van der Waals surface area contributed by atoms with E-state index in [0.717, 1.165) is 51.7 Å². The van der Waals surface area contributed by atoms with Gasteiger partial charge in [-0.3, -0.25) is 4.79 Å². The lowest BCUT2D eigenvalue weighted by Crippen LogP contribution is -2.52. The summed E-state index contributed by atoms with van der Waals surface area (Å²) in [6.07, 6.45) is 7.00. The predicted molar refractivity (Wildman–Crippen MR) is 58.6 cm³/mol. The number of carbonyl (C=O) groups is 1. The zero-order chi connectivity index (χ0) is 10.7. The van der Waals surface area contributed by atoms with E-state index in [2.05, 4.69) is 0 Å². The van der Waals surface area contributed by atoms with Crippen LogP contribution in [0, 0.1) is 5.92 Å². The molecule has 2 rings (SSSR count). The fourth-order valence-electron chi connectivity index (χ4n) is 2.80. The zero-order valence-corrected chi connectivity index (χ0v) is 9.34. The van der Waals surface area contributed by atoms with E-state index in [1.165, 1.54) is 6.42 Å². The second kappa shape index (κ2) is 4.62. The summed E-state index contributed by atoms with van der Waals surface area (Å²) in [5.74, 6) is 0.479. The summed E-state index contributed by atoms with van der Waals surface area (Å²) >= 11 is 0. The number of ether oxygens (including phenoxy) is 1. The molecule has 0 aromatic rings. The first-order valence-electron chi connectivity index (χ1n) is 6.13. The fourth-order valence-corrected chi connectivity index (χ4v) is 2.80. The van der Waals surface area contributed by atoms with Gasteiger partial charge in [-0.1, -0.05) is 19.3 Å². The van der Waals surface area contributed by atoms with Gasteiger partial charge in [-0.2, -0.15) is 0 Å². The molecule has 3 heteroatoms. The molecule has 2 aliphatic rings. The second-order valence-corrected chi connectivity index (χ2v) is 4.97. The molecule has 15 heavy (non-hydrogen) atoms. The summed E-state index contributed by atoms with van der Waals surface area (Å²) in [5, 5.41) is 0. The largest absolute Gasteiger partial charge is 0.381 e. The van der Waals surface area contributed by atoms with Crippen LogP contribution in [0.2, 0.25) is 0 Å². The van der Waals surface area contributed by atoms with Crippen LogP contribution >= 0.6 is 0 Å². The molecule has 1 saturated carbocycles. The quantitative estimate of drug-likeness (QED) is 0.755. The Balaban J connectivity index is 1.98. The predicted octanol–water partition coefficient (Wildman–Crippen LogP) is 1.64. The van der Waals surface area contributed by atoms with Crippen molar-refractivity contribution in [2.24, 2.45) is 11.7 Å². The first kappa shape index (κ1) is 11.1. The monoisotopic (exact) mass is 211 g/mol. The molecule has 0 atom stereocenters.